The van der Waals surface area contributed by atoms with Crippen LogP contribution in [0.15, 0.2) is 24.3 Å². The number of para-hydroxylation sites is 1. The van der Waals surface area contributed by atoms with Crippen molar-refractivity contribution in [1.82, 2.24) is 5.32 Å². The Morgan fingerprint density at radius 3 is 3.00 bits per heavy atom. The van der Waals surface area contributed by atoms with E-state index in [1.54, 1.807) is 0 Å². The van der Waals surface area contributed by atoms with E-state index in [-0.39, 0.29) is 25.0 Å². The normalized spacial score (nSPS) is 16.3. The van der Waals surface area contributed by atoms with Gasteiger partial charge in [-0.1, -0.05) is 18.2 Å². The standard InChI is InChI=1S/C13H17N3O3/c14-13(18)19-6-5-15-12(17)7-9-8-16-11-4-2-1-3-10(9)11/h1-4,9,16H,5-8H2,(H2,14,18)(H,15,17). The molecule has 4 N–H and O–H groups in total. The molecule has 1 aliphatic rings. The van der Waals surface area contributed by atoms with Crippen LogP contribution in [0.1, 0.15) is 17.9 Å². The fraction of sp³-hybridized carbons (Fsp3) is 0.385. The Morgan fingerprint density at radius 2 is 2.21 bits per heavy atom. The number of nitrogens with one attached hydrogen (secondary N) is 2. The van der Waals surface area contributed by atoms with E-state index in [0.717, 1.165) is 12.2 Å². The number of hydrogen-bond acceptors (Lipinski definition) is 4. The van der Waals surface area contributed by atoms with Gasteiger partial charge in [0.05, 0.1) is 6.54 Å². The van der Waals surface area contributed by atoms with E-state index in [4.69, 9.17) is 5.73 Å². The highest BCUT2D eigenvalue weighted by Gasteiger charge is 2.23. The number of fused-ring (bicyclic) bond motifs is 1. The van der Waals surface area contributed by atoms with Crippen LogP contribution in [0.3, 0.4) is 0 Å². The van der Waals surface area contributed by atoms with E-state index in [0.29, 0.717) is 6.42 Å². The van der Waals surface area contributed by atoms with Crippen molar-refractivity contribution in [2.45, 2.75) is 12.3 Å². The molecule has 1 aromatic rings. The summed E-state index contributed by atoms with van der Waals surface area (Å²) < 4.78 is 4.53. The van der Waals surface area contributed by atoms with Crippen LogP contribution in [0.25, 0.3) is 0 Å². The zero-order valence-corrected chi connectivity index (χ0v) is 10.5. The molecule has 0 aliphatic carbocycles. The SMILES string of the molecule is NC(=O)OCCNC(=O)CC1CNc2ccccc21. The van der Waals surface area contributed by atoms with Crippen LogP contribution in [-0.2, 0) is 9.53 Å². The van der Waals surface area contributed by atoms with Crippen LogP contribution in [0.5, 0.6) is 0 Å². The molecule has 0 radical (unpaired) electrons. The van der Waals surface area contributed by atoms with Crippen molar-refractivity contribution in [3.05, 3.63) is 29.8 Å². The monoisotopic (exact) mass is 263 g/mol. The van der Waals surface area contributed by atoms with Crippen LogP contribution in [-0.4, -0.2) is 31.7 Å². The molecule has 1 aliphatic heterocycles. The van der Waals surface area contributed by atoms with Crippen molar-refractivity contribution < 1.29 is 14.3 Å². The van der Waals surface area contributed by atoms with Crippen LogP contribution in [0.4, 0.5) is 10.5 Å². The highest BCUT2D eigenvalue weighted by Crippen LogP contribution is 2.32. The van der Waals surface area contributed by atoms with E-state index < -0.39 is 6.09 Å². The third-order valence-corrected chi connectivity index (χ3v) is 3.04. The first-order valence-electron chi connectivity index (χ1n) is 6.18. The van der Waals surface area contributed by atoms with Crippen molar-refractivity contribution in [3.63, 3.8) is 0 Å². The first-order valence-corrected chi connectivity index (χ1v) is 6.18. The molecule has 0 aromatic heterocycles. The Morgan fingerprint density at radius 1 is 1.42 bits per heavy atom. The van der Waals surface area contributed by atoms with E-state index in [1.807, 2.05) is 24.3 Å². The van der Waals surface area contributed by atoms with Crippen LogP contribution in [0.2, 0.25) is 0 Å². The number of nitrogens with two attached hydrogens (primary N) is 1. The van der Waals surface area contributed by atoms with Gasteiger partial charge in [0, 0.05) is 24.6 Å². The molecule has 2 amide bonds. The minimum Gasteiger partial charge on any atom is -0.448 e. The fourth-order valence-electron chi connectivity index (χ4n) is 2.18. The van der Waals surface area contributed by atoms with Crippen molar-refractivity contribution in [3.8, 4) is 0 Å². The summed E-state index contributed by atoms with van der Waals surface area (Å²) in [4.78, 5) is 22.1. The molecule has 1 unspecified atom stereocenters. The molecule has 6 heteroatoms. The largest absolute Gasteiger partial charge is 0.448 e. The summed E-state index contributed by atoms with van der Waals surface area (Å²) >= 11 is 0. The molecule has 6 nitrogen and oxygen atoms in total. The third kappa shape index (κ3) is 3.61. The van der Waals surface area contributed by atoms with Gasteiger partial charge in [-0.25, -0.2) is 4.79 Å². The van der Waals surface area contributed by atoms with Crippen molar-refractivity contribution in [1.29, 1.82) is 0 Å². The van der Waals surface area contributed by atoms with Crippen molar-refractivity contribution >= 4 is 17.7 Å². The lowest BCUT2D eigenvalue weighted by atomic mass is 9.98. The van der Waals surface area contributed by atoms with Gasteiger partial charge in [0.1, 0.15) is 6.61 Å². The molecule has 1 atom stereocenters. The second-order valence-electron chi connectivity index (χ2n) is 4.39. The van der Waals surface area contributed by atoms with Gasteiger partial charge in [0.25, 0.3) is 0 Å². The van der Waals surface area contributed by atoms with Gasteiger partial charge in [0.2, 0.25) is 5.91 Å². The Kier molecular flexibility index (Phi) is 4.22. The fourth-order valence-corrected chi connectivity index (χ4v) is 2.18. The minimum absolute atomic E-state index is 0.0587. The first-order chi connectivity index (χ1) is 9.16. The second-order valence-corrected chi connectivity index (χ2v) is 4.39. The maximum atomic E-state index is 11.7. The van der Waals surface area contributed by atoms with Crippen molar-refractivity contribution in [2.24, 2.45) is 5.73 Å². The predicted octanol–water partition coefficient (Wildman–Crippen LogP) is 0.797. The maximum absolute atomic E-state index is 11.7. The van der Waals surface area contributed by atoms with Crippen LogP contribution in [0, 0.1) is 0 Å². The van der Waals surface area contributed by atoms with Gasteiger partial charge >= 0.3 is 6.09 Å². The molecular weight excluding hydrogens is 246 g/mol. The number of benzene rings is 1. The Bertz CT molecular complexity index is 476. The second kappa shape index (κ2) is 6.08. The zero-order chi connectivity index (χ0) is 13.7. The van der Waals surface area contributed by atoms with Crippen molar-refractivity contribution in [2.75, 3.05) is 25.0 Å². The highest BCUT2D eigenvalue weighted by atomic mass is 16.5. The maximum Gasteiger partial charge on any atom is 0.404 e. The molecule has 0 bridgehead atoms. The van der Waals surface area contributed by atoms with E-state index in [2.05, 4.69) is 15.4 Å². The van der Waals surface area contributed by atoms with Crippen LogP contribution < -0.4 is 16.4 Å². The van der Waals surface area contributed by atoms with Gasteiger partial charge in [-0.15, -0.1) is 0 Å². The molecular formula is C13H17N3O3. The lowest BCUT2D eigenvalue weighted by Gasteiger charge is -2.10. The zero-order valence-electron chi connectivity index (χ0n) is 10.5. The predicted molar refractivity (Wildman–Crippen MR) is 70.8 cm³/mol. The molecule has 0 saturated heterocycles. The number of ether oxygens (including phenoxy) is 1. The number of anilines is 1. The number of carbonyl (C=O) groups excluding carboxylic acids is 2. The number of carbonyl (C=O) groups is 2. The molecule has 1 aromatic carbocycles. The van der Waals surface area contributed by atoms with Gasteiger partial charge in [0.15, 0.2) is 0 Å². The van der Waals surface area contributed by atoms with Gasteiger partial charge in [-0.3, -0.25) is 4.79 Å². The Balaban J connectivity index is 1.76. The highest BCUT2D eigenvalue weighted by molar-refractivity contribution is 5.78. The number of amides is 2. The summed E-state index contributed by atoms with van der Waals surface area (Å²) in [6.07, 6.45) is -0.413. The average Bonchev–Trinajstić information content (AvgIpc) is 2.78. The summed E-state index contributed by atoms with van der Waals surface area (Å²) in [5.74, 6) is 0.129. The number of rotatable bonds is 5. The van der Waals surface area contributed by atoms with Gasteiger partial charge in [-0.2, -0.15) is 0 Å². The molecule has 0 spiro atoms. The van der Waals surface area contributed by atoms with E-state index in [1.165, 1.54) is 5.56 Å². The Labute approximate surface area is 111 Å². The minimum atomic E-state index is -0.830. The summed E-state index contributed by atoms with van der Waals surface area (Å²) in [7, 11) is 0. The third-order valence-electron chi connectivity index (χ3n) is 3.04. The number of primary amides is 1. The van der Waals surface area contributed by atoms with Crippen LogP contribution >= 0.6 is 0 Å². The topological polar surface area (TPSA) is 93.5 Å². The Hall–Kier alpha value is -2.24. The lowest BCUT2D eigenvalue weighted by Crippen LogP contribution is -2.30. The van der Waals surface area contributed by atoms with E-state index in [9.17, 15) is 9.59 Å². The number of hydrogen-bond donors (Lipinski definition) is 3. The quantitative estimate of drug-likeness (QED) is 0.685. The summed E-state index contributed by atoms with van der Waals surface area (Å²) in [5.41, 5.74) is 7.08. The molecule has 0 saturated carbocycles. The summed E-state index contributed by atoms with van der Waals surface area (Å²) in [6, 6.07) is 7.98. The molecule has 0 fully saturated rings. The molecule has 19 heavy (non-hydrogen) atoms. The molecule has 1 heterocycles. The first kappa shape index (κ1) is 13.2. The lowest BCUT2D eigenvalue weighted by molar-refractivity contribution is -0.121. The van der Waals surface area contributed by atoms with E-state index >= 15 is 0 Å². The molecule has 102 valence electrons. The van der Waals surface area contributed by atoms with Gasteiger partial charge < -0.3 is 21.1 Å². The van der Waals surface area contributed by atoms with Gasteiger partial charge in [-0.05, 0) is 11.6 Å². The average molecular weight is 263 g/mol. The smallest absolute Gasteiger partial charge is 0.404 e. The summed E-state index contributed by atoms with van der Waals surface area (Å²) in [5, 5.41) is 5.97. The molecule has 2 rings (SSSR count). The summed E-state index contributed by atoms with van der Waals surface area (Å²) in [6.45, 7) is 1.15.